The highest BCUT2D eigenvalue weighted by Crippen LogP contribution is 1.96. The van der Waals surface area contributed by atoms with E-state index in [9.17, 15) is 4.79 Å². The van der Waals surface area contributed by atoms with Crippen molar-refractivity contribution in [2.75, 3.05) is 26.9 Å². The Morgan fingerprint density at radius 2 is 2.06 bits per heavy atom. The van der Waals surface area contributed by atoms with Crippen LogP contribution in [-0.4, -0.2) is 32.8 Å². The lowest BCUT2D eigenvalue weighted by Crippen LogP contribution is -2.21. The Hall–Kier alpha value is -1.39. The molecule has 0 saturated carbocycles. The van der Waals surface area contributed by atoms with Crippen molar-refractivity contribution in [2.45, 2.75) is 6.54 Å². The maximum Gasteiger partial charge on any atom is 0.331 e. The standard InChI is InChI=1S/C12H17NO3/c1-15-12(14)10-16-8-7-13-9-11-5-3-2-4-6-11/h2-6,13H,7-10H2,1H3. The van der Waals surface area contributed by atoms with Crippen LogP contribution in [0.4, 0.5) is 0 Å². The highest BCUT2D eigenvalue weighted by molar-refractivity contribution is 5.70. The van der Waals surface area contributed by atoms with E-state index in [4.69, 9.17) is 4.74 Å². The number of carbonyl (C=O) groups excluding carboxylic acids is 1. The zero-order chi connectivity index (χ0) is 11.6. The molecule has 0 spiro atoms. The number of rotatable bonds is 7. The number of esters is 1. The second-order valence-electron chi connectivity index (χ2n) is 3.29. The van der Waals surface area contributed by atoms with Crippen molar-refractivity contribution >= 4 is 5.97 Å². The van der Waals surface area contributed by atoms with Crippen LogP contribution < -0.4 is 5.32 Å². The number of nitrogens with one attached hydrogen (secondary N) is 1. The minimum atomic E-state index is -0.344. The van der Waals surface area contributed by atoms with Crippen LogP contribution in [0.5, 0.6) is 0 Å². The molecule has 1 aromatic carbocycles. The Bertz CT molecular complexity index is 300. The van der Waals surface area contributed by atoms with Crippen molar-refractivity contribution in [3.63, 3.8) is 0 Å². The molecule has 0 unspecified atom stereocenters. The van der Waals surface area contributed by atoms with Gasteiger partial charge < -0.3 is 14.8 Å². The minimum absolute atomic E-state index is 0.0174. The molecule has 0 aromatic heterocycles. The Labute approximate surface area is 95.6 Å². The van der Waals surface area contributed by atoms with Crippen molar-refractivity contribution in [3.8, 4) is 0 Å². The third kappa shape index (κ3) is 5.48. The van der Waals surface area contributed by atoms with Gasteiger partial charge in [0.25, 0.3) is 0 Å². The predicted octanol–water partition coefficient (Wildman–Crippen LogP) is 0.966. The molecular weight excluding hydrogens is 206 g/mol. The summed E-state index contributed by atoms with van der Waals surface area (Å²) in [5, 5.41) is 3.22. The van der Waals surface area contributed by atoms with Crippen LogP contribution in [0.15, 0.2) is 30.3 Å². The summed E-state index contributed by atoms with van der Waals surface area (Å²) in [7, 11) is 1.35. The summed E-state index contributed by atoms with van der Waals surface area (Å²) in [5.41, 5.74) is 1.23. The predicted molar refractivity (Wildman–Crippen MR) is 61.0 cm³/mol. The molecule has 88 valence electrons. The Morgan fingerprint density at radius 3 is 2.75 bits per heavy atom. The molecule has 4 nitrogen and oxygen atoms in total. The Balaban J connectivity index is 1.98. The highest BCUT2D eigenvalue weighted by Gasteiger charge is 1.98. The van der Waals surface area contributed by atoms with Crippen LogP contribution in [0.2, 0.25) is 0 Å². The van der Waals surface area contributed by atoms with Crippen molar-refractivity contribution in [2.24, 2.45) is 0 Å². The van der Waals surface area contributed by atoms with Crippen LogP contribution in [0.3, 0.4) is 0 Å². The van der Waals surface area contributed by atoms with Crippen LogP contribution >= 0.6 is 0 Å². The van der Waals surface area contributed by atoms with Crippen LogP contribution in [0.25, 0.3) is 0 Å². The van der Waals surface area contributed by atoms with Gasteiger partial charge in [-0.3, -0.25) is 0 Å². The molecule has 0 atom stereocenters. The summed E-state index contributed by atoms with van der Waals surface area (Å²) in [4.78, 5) is 10.7. The lowest BCUT2D eigenvalue weighted by Gasteiger charge is -2.05. The van der Waals surface area contributed by atoms with E-state index in [2.05, 4.69) is 22.2 Å². The van der Waals surface area contributed by atoms with Gasteiger partial charge in [0, 0.05) is 13.1 Å². The maximum atomic E-state index is 10.7. The van der Waals surface area contributed by atoms with E-state index < -0.39 is 0 Å². The number of carbonyl (C=O) groups is 1. The zero-order valence-electron chi connectivity index (χ0n) is 9.44. The van der Waals surface area contributed by atoms with Gasteiger partial charge in [-0.2, -0.15) is 0 Å². The van der Waals surface area contributed by atoms with E-state index >= 15 is 0 Å². The first-order chi connectivity index (χ1) is 7.83. The van der Waals surface area contributed by atoms with Gasteiger partial charge in [0.1, 0.15) is 6.61 Å². The van der Waals surface area contributed by atoms with Crippen molar-refractivity contribution in [3.05, 3.63) is 35.9 Å². The van der Waals surface area contributed by atoms with Gasteiger partial charge in [0.05, 0.1) is 13.7 Å². The maximum absolute atomic E-state index is 10.7. The number of benzene rings is 1. The average Bonchev–Trinajstić information content (AvgIpc) is 2.34. The number of hydrogen-bond donors (Lipinski definition) is 1. The lowest BCUT2D eigenvalue weighted by atomic mass is 10.2. The van der Waals surface area contributed by atoms with E-state index in [0.717, 1.165) is 6.54 Å². The van der Waals surface area contributed by atoms with Gasteiger partial charge in [-0.15, -0.1) is 0 Å². The van der Waals surface area contributed by atoms with E-state index in [1.807, 2.05) is 18.2 Å². The molecule has 1 aromatic rings. The largest absolute Gasteiger partial charge is 0.467 e. The van der Waals surface area contributed by atoms with Gasteiger partial charge in [0.2, 0.25) is 0 Å². The first-order valence-electron chi connectivity index (χ1n) is 5.22. The van der Waals surface area contributed by atoms with Gasteiger partial charge in [0.15, 0.2) is 0 Å². The fraction of sp³-hybridized carbons (Fsp3) is 0.417. The summed E-state index contributed by atoms with van der Waals surface area (Å²) in [6.45, 7) is 2.04. The summed E-state index contributed by atoms with van der Waals surface area (Å²) >= 11 is 0. The third-order valence-electron chi connectivity index (χ3n) is 2.04. The first-order valence-corrected chi connectivity index (χ1v) is 5.22. The molecule has 1 N–H and O–H groups in total. The minimum Gasteiger partial charge on any atom is -0.467 e. The van der Waals surface area contributed by atoms with Crippen LogP contribution in [-0.2, 0) is 20.8 Å². The zero-order valence-corrected chi connectivity index (χ0v) is 9.44. The van der Waals surface area contributed by atoms with Crippen molar-refractivity contribution in [1.82, 2.24) is 5.32 Å². The highest BCUT2D eigenvalue weighted by atomic mass is 16.6. The molecular formula is C12H17NO3. The molecule has 1 rings (SSSR count). The Morgan fingerprint density at radius 1 is 1.31 bits per heavy atom. The summed E-state index contributed by atoms with van der Waals surface area (Å²) < 4.78 is 9.53. The molecule has 0 amide bonds. The molecule has 0 bridgehead atoms. The number of hydrogen-bond acceptors (Lipinski definition) is 4. The third-order valence-corrected chi connectivity index (χ3v) is 2.04. The summed E-state index contributed by atoms with van der Waals surface area (Å²) in [6.07, 6.45) is 0. The molecule has 0 aliphatic rings. The molecule has 0 radical (unpaired) electrons. The molecule has 0 aliphatic carbocycles. The van der Waals surface area contributed by atoms with Crippen LogP contribution in [0.1, 0.15) is 5.56 Å². The lowest BCUT2D eigenvalue weighted by molar-refractivity contribution is -0.145. The summed E-state index contributed by atoms with van der Waals surface area (Å²) in [6, 6.07) is 10.1. The SMILES string of the molecule is COC(=O)COCCNCc1ccccc1. The van der Waals surface area contributed by atoms with Gasteiger partial charge in [-0.1, -0.05) is 30.3 Å². The van der Waals surface area contributed by atoms with E-state index in [0.29, 0.717) is 13.2 Å². The monoisotopic (exact) mass is 223 g/mol. The number of methoxy groups -OCH3 is 1. The summed E-state index contributed by atoms with van der Waals surface area (Å²) in [5.74, 6) is -0.344. The van der Waals surface area contributed by atoms with Crippen molar-refractivity contribution in [1.29, 1.82) is 0 Å². The van der Waals surface area contributed by atoms with Crippen molar-refractivity contribution < 1.29 is 14.3 Å². The van der Waals surface area contributed by atoms with Crippen LogP contribution in [0, 0.1) is 0 Å². The molecule has 4 heteroatoms. The first kappa shape index (κ1) is 12.7. The normalized spacial score (nSPS) is 10.1. The molecule has 0 aliphatic heterocycles. The topological polar surface area (TPSA) is 47.6 Å². The average molecular weight is 223 g/mol. The molecule has 0 fully saturated rings. The quantitative estimate of drug-likeness (QED) is 0.552. The van der Waals surface area contributed by atoms with E-state index in [1.165, 1.54) is 12.7 Å². The second-order valence-corrected chi connectivity index (χ2v) is 3.29. The van der Waals surface area contributed by atoms with Gasteiger partial charge in [-0.05, 0) is 5.56 Å². The second kappa shape index (κ2) is 7.84. The van der Waals surface area contributed by atoms with E-state index in [-0.39, 0.29) is 12.6 Å². The Kier molecular flexibility index (Phi) is 6.22. The van der Waals surface area contributed by atoms with Gasteiger partial charge in [-0.25, -0.2) is 4.79 Å². The fourth-order valence-electron chi connectivity index (χ4n) is 1.19. The molecule has 16 heavy (non-hydrogen) atoms. The van der Waals surface area contributed by atoms with Gasteiger partial charge >= 0.3 is 5.97 Å². The smallest absolute Gasteiger partial charge is 0.331 e. The van der Waals surface area contributed by atoms with E-state index in [1.54, 1.807) is 0 Å². The number of ether oxygens (including phenoxy) is 2. The molecule has 0 heterocycles. The fourth-order valence-corrected chi connectivity index (χ4v) is 1.19. The molecule has 0 saturated heterocycles.